The van der Waals surface area contributed by atoms with Gasteiger partial charge in [0.25, 0.3) is 5.56 Å². The maximum Gasteiger partial charge on any atom is 0.362 e. The smallest absolute Gasteiger partial charge is 0.362 e. The summed E-state index contributed by atoms with van der Waals surface area (Å²) in [7, 11) is 0. The van der Waals surface area contributed by atoms with E-state index in [1.165, 1.54) is 18.2 Å². The van der Waals surface area contributed by atoms with E-state index in [9.17, 15) is 19.5 Å². The van der Waals surface area contributed by atoms with Gasteiger partial charge in [0.2, 0.25) is 5.69 Å². The average molecular weight is 263 g/mol. The van der Waals surface area contributed by atoms with E-state index in [1.807, 2.05) is 4.98 Å². The Labute approximate surface area is 105 Å². The van der Waals surface area contributed by atoms with Gasteiger partial charge >= 0.3 is 11.7 Å². The number of carbonyl (C=O) groups is 1. The third-order valence-corrected chi connectivity index (χ3v) is 2.46. The summed E-state index contributed by atoms with van der Waals surface area (Å²) in [5.41, 5.74) is -2.00. The molecular weight excluding hydrogens is 254 g/mol. The number of carboxylic acids is 1. The molecule has 0 aliphatic heterocycles. The lowest BCUT2D eigenvalue weighted by Crippen LogP contribution is -2.35. The van der Waals surface area contributed by atoms with Gasteiger partial charge in [0, 0.05) is 0 Å². The van der Waals surface area contributed by atoms with E-state index in [-0.39, 0.29) is 11.4 Å². The Bertz CT molecular complexity index is 775. The normalized spacial score (nSPS) is 10.4. The Kier molecular flexibility index (Phi) is 2.91. The zero-order valence-corrected chi connectivity index (χ0v) is 9.75. The third kappa shape index (κ3) is 2.23. The summed E-state index contributed by atoms with van der Waals surface area (Å²) in [6.45, 7) is 1.60. The van der Waals surface area contributed by atoms with Crippen LogP contribution in [0.1, 0.15) is 16.1 Å². The number of phenols is 1. The molecule has 0 unspecified atom stereocenters. The summed E-state index contributed by atoms with van der Waals surface area (Å²) in [4.78, 5) is 35.5. The number of phenolic OH excluding ortho intramolecular Hbond substituents is 1. The SMILES string of the molecule is Cc1cc(-n2nc(C(=O)O)c(=O)[nH]c2=O)ccc1O. The van der Waals surface area contributed by atoms with E-state index >= 15 is 0 Å². The number of hydrogen-bond acceptors (Lipinski definition) is 5. The zero-order valence-electron chi connectivity index (χ0n) is 9.75. The van der Waals surface area contributed by atoms with Crippen LogP contribution in [0.4, 0.5) is 0 Å². The minimum absolute atomic E-state index is 0.0275. The van der Waals surface area contributed by atoms with Crippen LogP contribution in [0, 0.1) is 6.92 Å². The standard InChI is InChI=1S/C11H9N3O5/c1-5-4-6(2-3-7(5)15)14-11(19)12-9(16)8(13-14)10(17)18/h2-4,15H,1H3,(H,17,18)(H,12,16,19). The molecule has 1 heterocycles. The fraction of sp³-hybridized carbons (Fsp3) is 0.0909. The number of hydrogen-bond donors (Lipinski definition) is 3. The molecule has 0 bridgehead atoms. The van der Waals surface area contributed by atoms with Crippen molar-refractivity contribution in [2.24, 2.45) is 0 Å². The fourth-order valence-corrected chi connectivity index (χ4v) is 1.49. The predicted molar refractivity (Wildman–Crippen MR) is 63.8 cm³/mol. The molecule has 0 aliphatic rings. The average Bonchev–Trinajstić information content (AvgIpc) is 2.32. The highest BCUT2D eigenvalue weighted by atomic mass is 16.4. The van der Waals surface area contributed by atoms with Gasteiger partial charge in [-0.1, -0.05) is 0 Å². The highest BCUT2D eigenvalue weighted by Crippen LogP contribution is 2.17. The van der Waals surface area contributed by atoms with E-state index in [0.29, 0.717) is 5.56 Å². The van der Waals surface area contributed by atoms with Crippen molar-refractivity contribution in [3.8, 4) is 11.4 Å². The number of aromatic hydroxyl groups is 1. The van der Waals surface area contributed by atoms with Gasteiger partial charge in [-0.3, -0.25) is 9.78 Å². The third-order valence-electron chi connectivity index (χ3n) is 2.46. The largest absolute Gasteiger partial charge is 0.508 e. The van der Waals surface area contributed by atoms with Gasteiger partial charge in [-0.15, -0.1) is 0 Å². The number of aromatic nitrogens is 3. The predicted octanol–water partition coefficient (Wildman–Crippen LogP) is -0.367. The van der Waals surface area contributed by atoms with Crippen LogP contribution in [-0.2, 0) is 0 Å². The van der Waals surface area contributed by atoms with Crippen LogP contribution in [0.25, 0.3) is 5.69 Å². The molecule has 0 atom stereocenters. The van der Waals surface area contributed by atoms with E-state index in [1.54, 1.807) is 6.92 Å². The Morgan fingerprint density at radius 3 is 2.63 bits per heavy atom. The molecule has 1 aromatic heterocycles. The molecule has 8 nitrogen and oxygen atoms in total. The molecule has 0 aliphatic carbocycles. The molecule has 98 valence electrons. The first kappa shape index (κ1) is 12.6. The number of nitrogens with one attached hydrogen (secondary N) is 1. The lowest BCUT2D eigenvalue weighted by Gasteiger charge is -2.06. The number of rotatable bonds is 2. The van der Waals surface area contributed by atoms with Crippen molar-refractivity contribution in [2.45, 2.75) is 6.92 Å². The molecule has 3 N–H and O–H groups in total. The first-order valence-corrected chi connectivity index (χ1v) is 5.17. The van der Waals surface area contributed by atoms with Gasteiger partial charge in [0.05, 0.1) is 5.69 Å². The number of carboxylic acid groups (broad SMARTS) is 1. The summed E-state index contributed by atoms with van der Waals surface area (Å²) in [5.74, 6) is -1.51. The number of nitrogens with zero attached hydrogens (tertiary/aromatic N) is 2. The second kappa shape index (κ2) is 4.41. The van der Waals surface area contributed by atoms with Crippen LogP contribution in [0.15, 0.2) is 27.8 Å². The van der Waals surface area contributed by atoms with Gasteiger partial charge in [-0.2, -0.15) is 9.78 Å². The van der Waals surface area contributed by atoms with Crippen molar-refractivity contribution >= 4 is 5.97 Å². The first-order valence-electron chi connectivity index (χ1n) is 5.17. The maximum absolute atomic E-state index is 11.6. The summed E-state index contributed by atoms with van der Waals surface area (Å²) in [6, 6.07) is 4.15. The van der Waals surface area contributed by atoms with E-state index in [4.69, 9.17) is 5.11 Å². The van der Waals surface area contributed by atoms with E-state index in [2.05, 4.69) is 5.10 Å². The Balaban J connectivity index is 2.71. The van der Waals surface area contributed by atoms with E-state index in [0.717, 1.165) is 4.68 Å². The molecule has 0 radical (unpaired) electrons. The number of aryl methyl sites for hydroxylation is 1. The lowest BCUT2D eigenvalue weighted by atomic mass is 10.2. The second-order valence-corrected chi connectivity index (χ2v) is 3.80. The van der Waals surface area contributed by atoms with Crippen molar-refractivity contribution < 1.29 is 15.0 Å². The number of H-pyrrole nitrogens is 1. The minimum Gasteiger partial charge on any atom is -0.508 e. The Hall–Kier alpha value is -2.90. The molecule has 2 aromatic rings. The van der Waals surface area contributed by atoms with Crippen LogP contribution in [0.3, 0.4) is 0 Å². The Morgan fingerprint density at radius 2 is 2.05 bits per heavy atom. The highest BCUT2D eigenvalue weighted by molar-refractivity contribution is 5.84. The molecule has 0 spiro atoms. The molecule has 0 fully saturated rings. The van der Waals surface area contributed by atoms with Gasteiger partial charge in [-0.05, 0) is 30.7 Å². The van der Waals surface area contributed by atoms with Crippen LogP contribution in [-0.4, -0.2) is 30.9 Å². The zero-order chi connectivity index (χ0) is 14.2. The highest BCUT2D eigenvalue weighted by Gasteiger charge is 2.14. The summed E-state index contributed by atoms with van der Waals surface area (Å²) < 4.78 is 0.747. The monoisotopic (exact) mass is 263 g/mol. The molecule has 0 saturated carbocycles. The minimum atomic E-state index is -1.54. The van der Waals surface area contributed by atoms with Crippen molar-refractivity contribution in [3.63, 3.8) is 0 Å². The van der Waals surface area contributed by atoms with Gasteiger partial charge in [0.15, 0.2) is 0 Å². The Morgan fingerprint density at radius 1 is 1.37 bits per heavy atom. The van der Waals surface area contributed by atoms with Crippen LogP contribution < -0.4 is 11.2 Å². The van der Waals surface area contributed by atoms with Crippen molar-refractivity contribution in [1.29, 1.82) is 0 Å². The fourth-order valence-electron chi connectivity index (χ4n) is 1.49. The molecule has 0 saturated heterocycles. The number of aromatic carboxylic acids is 1. The quantitative estimate of drug-likeness (QED) is 0.679. The molecule has 2 rings (SSSR count). The number of aromatic amines is 1. The molecule has 19 heavy (non-hydrogen) atoms. The molecule has 0 amide bonds. The molecular formula is C11H9N3O5. The van der Waals surface area contributed by atoms with Crippen LogP contribution in [0.2, 0.25) is 0 Å². The number of benzene rings is 1. The second-order valence-electron chi connectivity index (χ2n) is 3.80. The summed E-state index contributed by atoms with van der Waals surface area (Å²) >= 11 is 0. The van der Waals surface area contributed by atoms with E-state index < -0.39 is 22.9 Å². The van der Waals surface area contributed by atoms with Gasteiger partial charge in [0.1, 0.15) is 5.75 Å². The maximum atomic E-state index is 11.6. The van der Waals surface area contributed by atoms with Gasteiger partial charge < -0.3 is 10.2 Å². The van der Waals surface area contributed by atoms with Crippen molar-refractivity contribution in [1.82, 2.24) is 14.8 Å². The summed E-state index contributed by atoms with van der Waals surface area (Å²) in [6.07, 6.45) is 0. The van der Waals surface area contributed by atoms with Crippen LogP contribution in [0.5, 0.6) is 5.75 Å². The first-order chi connectivity index (χ1) is 8.90. The van der Waals surface area contributed by atoms with Gasteiger partial charge in [-0.25, -0.2) is 9.59 Å². The topological polar surface area (TPSA) is 125 Å². The molecule has 8 heteroatoms. The van der Waals surface area contributed by atoms with Crippen LogP contribution >= 0.6 is 0 Å². The summed E-state index contributed by atoms with van der Waals surface area (Å²) in [5, 5.41) is 21.7. The lowest BCUT2D eigenvalue weighted by molar-refractivity contribution is 0.0685. The van der Waals surface area contributed by atoms with Crippen molar-refractivity contribution in [2.75, 3.05) is 0 Å². The van der Waals surface area contributed by atoms with Crippen molar-refractivity contribution in [3.05, 3.63) is 50.3 Å². The molecule has 1 aromatic carbocycles.